The Kier molecular flexibility index (Phi) is 3.92. The normalized spacial score (nSPS) is 9.76. The summed E-state index contributed by atoms with van der Waals surface area (Å²) in [5, 5.41) is 13.1. The second-order valence-electron chi connectivity index (χ2n) is 3.59. The molecule has 0 atom stereocenters. The zero-order chi connectivity index (χ0) is 13.0. The molecule has 0 aliphatic rings. The number of benzene rings is 1. The molecule has 0 aromatic heterocycles. The Morgan fingerprint density at radius 2 is 2.00 bits per heavy atom. The fourth-order valence-corrected chi connectivity index (χ4v) is 1.36. The highest BCUT2D eigenvalue weighted by molar-refractivity contribution is 5.99. The van der Waals surface area contributed by atoms with Crippen LogP contribution in [0, 0.1) is 24.0 Å². The quantitative estimate of drug-likeness (QED) is 0.482. The number of rotatable bonds is 4. The second kappa shape index (κ2) is 5.20. The molecule has 0 bridgehead atoms. The molecule has 0 fully saturated rings. The van der Waals surface area contributed by atoms with E-state index in [1.807, 2.05) is 0 Å². The van der Waals surface area contributed by atoms with E-state index in [0.717, 1.165) is 11.1 Å². The largest absolute Gasteiger partial charge is 0.345 e. The molecule has 0 saturated carbocycles. The Morgan fingerprint density at radius 3 is 2.53 bits per heavy atom. The van der Waals surface area contributed by atoms with E-state index in [1.54, 1.807) is 13.8 Å². The summed E-state index contributed by atoms with van der Waals surface area (Å²) >= 11 is 0. The number of aldehydes is 1. The first-order valence-electron chi connectivity index (χ1n) is 4.95. The van der Waals surface area contributed by atoms with Crippen LogP contribution in [0.1, 0.15) is 21.5 Å². The molecule has 6 nitrogen and oxygen atoms in total. The molecule has 0 aliphatic heterocycles. The van der Waals surface area contributed by atoms with Crippen LogP contribution in [0.5, 0.6) is 0 Å². The number of hydrogen-bond acceptors (Lipinski definition) is 4. The minimum Gasteiger partial charge on any atom is -0.345 e. The van der Waals surface area contributed by atoms with Crippen LogP contribution in [-0.2, 0) is 4.79 Å². The number of nitrogens with one attached hydrogen (secondary N) is 1. The topological polar surface area (TPSA) is 89.3 Å². The first-order valence-corrected chi connectivity index (χ1v) is 4.95. The maximum atomic E-state index is 11.6. The second-order valence-corrected chi connectivity index (χ2v) is 3.59. The smallest absolute Gasteiger partial charge is 0.282 e. The van der Waals surface area contributed by atoms with Crippen LogP contribution >= 0.6 is 0 Å². The third-order valence-corrected chi connectivity index (χ3v) is 2.40. The predicted octanol–water partition coefficient (Wildman–Crippen LogP) is 1.14. The molecule has 90 valence electrons. The number of nitrogens with zero attached hydrogens (tertiary/aromatic N) is 1. The number of nitro groups is 1. The van der Waals surface area contributed by atoms with Crippen molar-refractivity contribution < 1.29 is 14.5 Å². The van der Waals surface area contributed by atoms with Gasteiger partial charge in [-0.05, 0) is 31.0 Å². The first-order chi connectivity index (χ1) is 7.97. The van der Waals surface area contributed by atoms with E-state index in [0.29, 0.717) is 6.29 Å². The van der Waals surface area contributed by atoms with Crippen molar-refractivity contribution >= 4 is 17.9 Å². The third-order valence-electron chi connectivity index (χ3n) is 2.40. The lowest BCUT2D eigenvalue weighted by Crippen LogP contribution is -2.26. The van der Waals surface area contributed by atoms with Gasteiger partial charge in [-0.1, -0.05) is 0 Å². The Labute approximate surface area is 97.8 Å². The van der Waals surface area contributed by atoms with Gasteiger partial charge in [-0.15, -0.1) is 0 Å². The zero-order valence-corrected chi connectivity index (χ0v) is 9.52. The van der Waals surface area contributed by atoms with Crippen molar-refractivity contribution in [1.82, 2.24) is 5.32 Å². The van der Waals surface area contributed by atoms with E-state index in [-0.39, 0.29) is 17.8 Å². The summed E-state index contributed by atoms with van der Waals surface area (Å²) in [5.41, 5.74) is 1.24. The Hall–Kier alpha value is -2.24. The van der Waals surface area contributed by atoms with Crippen LogP contribution in [0.4, 0.5) is 5.69 Å². The van der Waals surface area contributed by atoms with Crippen molar-refractivity contribution in [3.8, 4) is 0 Å². The standard InChI is InChI=1S/C11H12N2O4/c1-7-5-9(11(15)12-3-4-14)10(13(16)17)6-8(7)2/h4-6H,3H2,1-2H3,(H,12,15). The molecule has 6 heteroatoms. The molecule has 1 rings (SSSR count). The highest BCUT2D eigenvalue weighted by atomic mass is 16.6. The summed E-state index contributed by atoms with van der Waals surface area (Å²) in [6.45, 7) is 3.33. The van der Waals surface area contributed by atoms with Crippen LogP contribution in [-0.4, -0.2) is 23.7 Å². The van der Waals surface area contributed by atoms with Crippen LogP contribution < -0.4 is 5.32 Å². The maximum Gasteiger partial charge on any atom is 0.282 e. The van der Waals surface area contributed by atoms with E-state index in [2.05, 4.69) is 5.32 Å². The van der Waals surface area contributed by atoms with E-state index >= 15 is 0 Å². The average Bonchev–Trinajstić information content (AvgIpc) is 2.28. The number of amides is 1. The average molecular weight is 236 g/mol. The van der Waals surface area contributed by atoms with Gasteiger partial charge in [-0.25, -0.2) is 0 Å². The molecular weight excluding hydrogens is 224 g/mol. The summed E-state index contributed by atoms with van der Waals surface area (Å²) in [4.78, 5) is 32.0. The lowest BCUT2D eigenvalue weighted by Gasteiger charge is -2.06. The van der Waals surface area contributed by atoms with Gasteiger partial charge in [-0.2, -0.15) is 0 Å². The van der Waals surface area contributed by atoms with Crippen LogP contribution in [0.15, 0.2) is 12.1 Å². The minimum atomic E-state index is -0.619. The van der Waals surface area contributed by atoms with Gasteiger partial charge in [0.05, 0.1) is 11.5 Å². The highest BCUT2D eigenvalue weighted by Crippen LogP contribution is 2.22. The lowest BCUT2D eigenvalue weighted by molar-refractivity contribution is -0.385. The SMILES string of the molecule is Cc1cc(C(=O)NCC=O)c([N+](=O)[O-])cc1C. The molecule has 0 radical (unpaired) electrons. The summed E-state index contributed by atoms with van der Waals surface area (Å²) < 4.78 is 0. The third kappa shape index (κ3) is 2.87. The highest BCUT2D eigenvalue weighted by Gasteiger charge is 2.20. The predicted molar refractivity (Wildman–Crippen MR) is 61.0 cm³/mol. The molecule has 1 aromatic rings. The fraction of sp³-hybridized carbons (Fsp3) is 0.273. The van der Waals surface area contributed by atoms with Gasteiger partial charge < -0.3 is 10.1 Å². The monoisotopic (exact) mass is 236 g/mol. The zero-order valence-electron chi connectivity index (χ0n) is 9.52. The number of aryl methyl sites for hydroxylation is 2. The van der Waals surface area contributed by atoms with Crippen molar-refractivity contribution in [2.45, 2.75) is 13.8 Å². The number of hydrogen-bond donors (Lipinski definition) is 1. The first kappa shape index (κ1) is 12.8. The number of carbonyl (C=O) groups excluding carboxylic acids is 2. The van der Waals surface area contributed by atoms with Gasteiger partial charge in [-0.3, -0.25) is 14.9 Å². The molecule has 0 unspecified atom stereocenters. The van der Waals surface area contributed by atoms with Gasteiger partial charge in [0.2, 0.25) is 0 Å². The summed E-state index contributed by atoms with van der Waals surface area (Å²) in [6.07, 6.45) is 0.519. The minimum absolute atomic E-state index is 0.0278. The Balaban J connectivity index is 3.20. The Bertz CT molecular complexity index is 483. The molecule has 0 spiro atoms. The summed E-state index contributed by atoms with van der Waals surface area (Å²) in [7, 11) is 0. The van der Waals surface area contributed by atoms with Gasteiger partial charge in [0, 0.05) is 6.07 Å². The van der Waals surface area contributed by atoms with Gasteiger partial charge in [0.1, 0.15) is 11.8 Å². The molecule has 1 aromatic carbocycles. The Morgan fingerprint density at radius 1 is 1.41 bits per heavy atom. The molecule has 0 heterocycles. The van der Waals surface area contributed by atoms with Crippen LogP contribution in [0.25, 0.3) is 0 Å². The van der Waals surface area contributed by atoms with Crippen molar-refractivity contribution in [2.24, 2.45) is 0 Å². The van der Waals surface area contributed by atoms with Crippen LogP contribution in [0.3, 0.4) is 0 Å². The van der Waals surface area contributed by atoms with E-state index < -0.39 is 10.8 Å². The van der Waals surface area contributed by atoms with Crippen molar-refractivity contribution in [3.63, 3.8) is 0 Å². The van der Waals surface area contributed by atoms with E-state index in [4.69, 9.17) is 0 Å². The summed E-state index contributed by atoms with van der Waals surface area (Å²) in [6, 6.07) is 2.80. The number of nitro benzene ring substituents is 1. The molecular formula is C11H12N2O4. The van der Waals surface area contributed by atoms with Crippen molar-refractivity contribution in [2.75, 3.05) is 6.54 Å². The fourth-order valence-electron chi connectivity index (χ4n) is 1.36. The molecule has 1 N–H and O–H groups in total. The van der Waals surface area contributed by atoms with Gasteiger partial charge >= 0.3 is 0 Å². The van der Waals surface area contributed by atoms with Crippen molar-refractivity contribution in [1.29, 1.82) is 0 Å². The lowest BCUT2D eigenvalue weighted by atomic mass is 10.0. The van der Waals surface area contributed by atoms with Crippen molar-refractivity contribution in [3.05, 3.63) is 38.9 Å². The molecule has 17 heavy (non-hydrogen) atoms. The van der Waals surface area contributed by atoms with Gasteiger partial charge in [0.25, 0.3) is 11.6 Å². The van der Waals surface area contributed by atoms with E-state index in [9.17, 15) is 19.7 Å². The summed E-state index contributed by atoms with van der Waals surface area (Å²) in [5.74, 6) is -0.619. The number of carbonyl (C=O) groups is 2. The van der Waals surface area contributed by atoms with Crippen LogP contribution in [0.2, 0.25) is 0 Å². The molecule has 1 amide bonds. The molecule has 0 saturated heterocycles. The maximum absolute atomic E-state index is 11.6. The molecule has 0 aliphatic carbocycles. The van der Waals surface area contributed by atoms with Gasteiger partial charge in [0.15, 0.2) is 0 Å². The van der Waals surface area contributed by atoms with E-state index in [1.165, 1.54) is 12.1 Å².